The van der Waals surface area contributed by atoms with Crippen LogP contribution in [0.15, 0.2) is 42.9 Å². The molecule has 1 aliphatic heterocycles. The van der Waals surface area contributed by atoms with Crippen molar-refractivity contribution < 1.29 is 9.59 Å². The number of carbonyl (C=O) groups excluding carboxylic acids is 2. The third kappa shape index (κ3) is 2.99. The van der Waals surface area contributed by atoms with Crippen LogP contribution in [-0.2, 0) is 11.3 Å². The molecule has 0 spiro atoms. The molecular formula is C20H21N5O2. The molecule has 0 bridgehead atoms. The molecule has 1 unspecified atom stereocenters. The third-order valence-electron chi connectivity index (χ3n) is 5.44. The Morgan fingerprint density at radius 2 is 2.11 bits per heavy atom. The van der Waals surface area contributed by atoms with Crippen LogP contribution in [0.4, 0.5) is 0 Å². The Morgan fingerprint density at radius 3 is 2.93 bits per heavy atom. The van der Waals surface area contributed by atoms with E-state index < -0.39 is 6.04 Å². The van der Waals surface area contributed by atoms with Crippen molar-refractivity contribution in [2.24, 2.45) is 5.92 Å². The van der Waals surface area contributed by atoms with Crippen LogP contribution in [0.1, 0.15) is 35.1 Å². The number of carbonyl (C=O) groups is 2. The summed E-state index contributed by atoms with van der Waals surface area (Å²) in [5.74, 6) is 0.470. The van der Waals surface area contributed by atoms with Crippen LogP contribution in [0.2, 0.25) is 0 Å². The molecule has 0 saturated heterocycles. The first-order valence-corrected chi connectivity index (χ1v) is 9.34. The zero-order valence-electron chi connectivity index (χ0n) is 14.9. The SMILES string of the molecule is O=C(NCC1CC1)C1CN(C(=O)c2cc3ccccc3[nH]2)Cc2cncn21. The predicted octanol–water partition coefficient (Wildman–Crippen LogP) is 2.09. The van der Waals surface area contributed by atoms with E-state index in [4.69, 9.17) is 0 Å². The molecule has 1 fully saturated rings. The maximum absolute atomic E-state index is 13.1. The molecule has 2 aromatic heterocycles. The first kappa shape index (κ1) is 16.1. The number of fused-ring (bicyclic) bond motifs is 2. The average molecular weight is 363 g/mol. The number of imidazole rings is 1. The van der Waals surface area contributed by atoms with Crippen LogP contribution in [0.5, 0.6) is 0 Å². The molecule has 1 atom stereocenters. The quantitative estimate of drug-likeness (QED) is 0.745. The van der Waals surface area contributed by atoms with Gasteiger partial charge in [-0.25, -0.2) is 4.98 Å². The number of H-pyrrole nitrogens is 1. The van der Waals surface area contributed by atoms with Crippen LogP contribution in [0.25, 0.3) is 10.9 Å². The minimum atomic E-state index is -0.441. The number of rotatable bonds is 4. The van der Waals surface area contributed by atoms with Crippen LogP contribution in [0, 0.1) is 5.92 Å². The standard InChI is InChI=1S/C20H21N5O2/c26-19(22-8-13-5-6-13)18-11-24(10-15-9-21-12-25(15)18)20(27)17-7-14-3-1-2-4-16(14)23-17/h1-4,7,9,12-13,18,23H,5-6,8,10-11H2,(H,22,26). The van der Waals surface area contributed by atoms with Gasteiger partial charge in [0.15, 0.2) is 0 Å². The highest BCUT2D eigenvalue weighted by Crippen LogP contribution is 2.28. The van der Waals surface area contributed by atoms with Crippen molar-refractivity contribution in [3.63, 3.8) is 0 Å². The molecule has 27 heavy (non-hydrogen) atoms. The van der Waals surface area contributed by atoms with Crippen molar-refractivity contribution in [3.05, 3.63) is 54.2 Å². The molecule has 1 aromatic carbocycles. The van der Waals surface area contributed by atoms with Gasteiger partial charge in [-0.05, 0) is 30.9 Å². The van der Waals surface area contributed by atoms with Crippen LogP contribution < -0.4 is 5.32 Å². The highest BCUT2D eigenvalue weighted by atomic mass is 16.2. The summed E-state index contributed by atoms with van der Waals surface area (Å²) in [5.41, 5.74) is 2.35. The monoisotopic (exact) mass is 363 g/mol. The molecule has 2 aliphatic rings. The second kappa shape index (κ2) is 6.26. The predicted molar refractivity (Wildman–Crippen MR) is 100 cm³/mol. The van der Waals surface area contributed by atoms with E-state index in [1.807, 2.05) is 34.9 Å². The van der Waals surface area contributed by atoms with Crippen molar-refractivity contribution >= 4 is 22.7 Å². The Labute approximate surface area is 156 Å². The zero-order valence-corrected chi connectivity index (χ0v) is 14.9. The lowest BCUT2D eigenvalue weighted by Gasteiger charge is -2.33. The Bertz CT molecular complexity index is 983. The normalized spacial score (nSPS) is 19.1. The molecule has 3 heterocycles. The molecule has 1 aliphatic carbocycles. The van der Waals surface area contributed by atoms with Gasteiger partial charge in [0.2, 0.25) is 5.91 Å². The van der Waals surface area contributed by atoms with E-state index in [1.54, 1.807) is 17.4 Å². The Balaban J connectivity index is 1.39. The molecule has 3 aromatic rings. The molecular weight excluding hydrogens is 342 g/mol. The molecule has 1 saturated carbocycles. The lowest BCUT2D eigenvalue weighted by molar-refractivity contribution is -0.125. The van der Waals surface area contributed by atoms with E-state index in [0.717, 1.165) is 23.1 Å². The summed E-state index contributed by atoms with van der Waals surface area (Å²) in [4.78, 5) is 34.9. The number of para-hydroxylation sites is 1. The lowest BCUT2D eigenvalue weighted by atomic mass is 10.1. The summed E-state index contributed by atoms with van der Waals surface area (Å²) < 4.78 is 1.89. The fourth-order valence-electron chi connectivity index (χ4n) is 3.70. The topological polar surface area (TPSA) is 83.0 Å². The van der Waals surface area contributed by atoms with E-state index in [-0.39, 0.29) is 11.8 Å². The van der Waals surface area contributed by atoms with Gasteiger partial charge in [0.1, 0.15) is 11.7 Å². The van der Waals surface area contributed by atoms with Gasteiger partial charge in [-0.1, -0.05) is 18.2 Å². The maximum atomic E-state index is 13.1. The number of aromatic nitrogens is 3. The Hall–Kier alpha value is -3.09. The zero-order chi connectivity index (χ0) is 18.4. The summed E-state index contributed by atoms with van der Waals surface area (Å²) in [7, 11) is 0. The van der Waals surface area contributed by atoms with Crippen LogP contribution in [0.3, 0.4) is 0 Å². The van der Waals surface area contributed by atoms with Gasteiger partial charge in [-0.15, -0.1) is 0 Å². The number of amides is 2. The molecule has 5 rings (SSSR count). The van der Waals surface area contributed by atoms with E-state index >= 15 is 0 Å². The number of hydrogen-bond acceptors (Lipinski definition) is 3. The summed E-state index contributed by atoms with van der Waals surface area (Å²) >= 11 is 0. The highest BCUT2D eigenvalue weighted by Gasteiger charge is 2.34. The van der Waals surface area contributed by atoms with Crippen molar-refractivity contribution in [1.29, 1.82) is 0 Å². The van der Waals surface area contributed by atoms with Crippen LogP contribution in [-0.4, -0.2) is 44.3 Å². The van der Waals surface area contributed by atoms with Crippen molar-refractivity contribution in [1.82, 2.24) is 24.8 Å². The van der Waals surface area contributed by atoms with Gasteiger partial charge < -0.3 is 19.8 Å². The fourth-order valence-corrected chi connectivity index (χ4v) is 3.70. The van der Waals surface area contributed by atoms with E-state index in [9.17, 15) is 9.59 Å². The van der Waals surface area contributed by atoms with Gasteiger partial charge in [-0.2, -0.15) is 0 Å². The molecule has 7 nitrogen and oxygen atoms in total. The van der Waals surface area contributed by atoms with Crippen molar-refractivity contribution in [3.8, 4) is 0 Å². The molecule has 0 radical (unpaired) electrons. The summed E-state index contributed by atoms with van der Waals surface area (Å²) in [5, 5.41) is 4.03. The number of benzene rings is 1. The number of nitrogens with one attached hydrogen (secondary N) is 2. The fraction of sp³-hybridized carbons (Fsp3) is 0.350. The third-order valence-corrected chi connectivity index (χ3v) is 5.44. The smallest absolute Gasteiger partial charge is 0.270 e. The van der Waals surface area contributed by atoms with Gasteiger partial charge >= 0.3 is 0 Å². The number of hydrogen-bond donors (Lipinski definition) is 2. The second-order valence-corrected chi connectivity index (χ2v) is 7.45. The minimum absolute atomic E-state index is 0.0460. The van der Waals surface area contributed by atoms with E-state index in [0.29, 0.717) is 24.7 Å². The lowest BCUT2D eigenvalue weighted by Crippen LogP contribution is -2.46. The molecule has 2 N–H and O–H groups in total. The number of aromatic amines is 1. The highest BCUT2D eigenvalue weighted by molar-refractivity contribution is 5.98. The van der Waals surface area contributed by atoms with Crippen molar-refractivity contribution in [2.45, 2.75) is 25.4 Å². The van der Waals surface area contributed by atoms with Crippen molar-refractivity contribution in [2.75, 3.05) is 13.1 Å². The summed E-state index contributed by atoms with van der Waals surface area (Å²) in [6.45, 7) is 1.50. The van der Waals surface area contributed by atoms with Gasteiger partial charge in [-0.3, -0.25) is 9.59 Å². The first-order valence-electron chi connectivity index (χ1n) is 9.34. The van der Waals surface area contributed by atoms with Gasteiger partial charge in [0.25, 0.3) is 5.91 Å². The minimum Gasteiger partial charge on any atom is -0.354 e. The number of nitrogens with zero attached hydrogens (tertiary/aromatic N) is 3. The largest absolute Gasteiger partial charge is 0.354 e. The summed E-state index contributed by atoms with van der Waals surface area (Å²) in [6, 6.07) is 9.24. The Kier molecular flexibility index (Phi) is 3.74. The first-order chi connectivity index (χ1) is 13.2. The molecule has 7 heteroatoms. The second-order valence-electron chi connectivity index (χ2n) is 7.45. The van der Waals surface area contributed by atoms with Gasteiger partial charge in [0, 0.05) is 23.6 Å². The summed E-state index contributed by atoms with van der Waals surface area (Å²) in [6.07, 6.45) is 5.78. The van der Waals surface area contributed by atoms with E-state index in [1.165, 1.54) is 12.8 Å². The average Bonchev–Trinajstić information content (AvgIpc) is 3.22. The Morgan fingerprint density at radius 1 is 1.26 bits per heavy atom. The van der Waals surface area contributed by atoms with Gasteiger partial charge in [0.05, 0.1) is 25.1 Å². The van der Waals surface area contributed by atoms with E-state index in [2.05, 4.69) is 15.3 Å². The van der Waals surface area contributed by atoms with Crippen LogP contribution >= 0.6 is 0 Å². The maximum Gasteiger partial charge on any atom is 0.270 e. The molecule has 138 valence electrons. The molecule has 2 amide bonds.